The lowest BCUT2D eigenvalue weighted by Gasteiger charge is -2.19. The number of rotatable bonds is 6. The first kappa shape index (κ1) is 24.1. The Hall–Kier alpha value is -3.05. The van der Waals surface area contributed by atoms with Crippen molar-refractivity contribution >= 4 is 23.2 Å². The number of methoxy groups -OCH3 is 1. The van der Waals surface area contributed by atoms with Gasteiger partial charge in [-0.25, -0.2) is 0 Å². The molecule has 0 saturated carbocycles. The Morgan fingerprint density at radius 2 is 1.94 bits per heavy atom. The Bertz CT molecular complexity index is 1250. The maximum Gasteiger partial charge on any atom is 0.405 e. The van der Waals surface area contributed by atoms with E-state index in [0.29, 0.717) is 42.3 Å². The van der Waals surface area contributed by atoms with Crippen LogP contribution in [-0.2, 0) is 11.3 Å². The van der Waals surface area contributed by atoms with Crippen molar-refractivity contribution in [3.05, 3.63) is 62.7 Å². The zero-order valence-electron chi connectivity index (χ0n) is 18.2. The van der Waals surface area contributed by atoms with Gasteiger partial charge in [-0.15, -0.1) is 0 Å². The summed E-state index contributed by atoms with van der Waals surface area (Å²) in [5.41, 5.74) is 0.549. The van der Waals surface area contributed by atoms with Crippen LogP contribution in [0.2, 0.25) is 5.02 Å². The molecule has 0 radical (unpaired) electrons. The highest BCUT2D eigenvalue weighted by Crippen LogP contribution is 2.28. The van der Waals surface area contributed by atoms with Crippen molar-refractivity contribution in [2.24, 2.45) is 0 Å². The molecular weight excluding hydrogens is 477 g/mol. The van der Waals surface area contributed by atoms with Gasteiger partial charge in [0.2, 0.25) is 5.75 Å². The average molecular weight is 499 g/mol. The van der Waals surface area contributed by atoms with Crippen LogP contribution < -0.4 is 15.6 Å². The monoisotopic (exact) mass is 498 g/mol. The van der Waals surface area contributed by atoms with E-state index < -0.39 is 29.9 Å². The number of carbonyl (C=O) groups is 1. The summed E-state index contributed by atoms with van der Waals surface area (Å²) in [6, 6.07) is 8.43. The topological polar surface area (TPSA) is 86.9 Å². The van der Waals surface area contributed by atoms with E-state index in [4.69, 9.17) is 21.1 Å². The zero-order valence-corrected chi connectivity index (χ0v) is 18.9. The van der Waals surface area contributed by atoms with Crippen LogP contribution in [0, 0.1) is 0 Å². The number of hydrogen-bond donors (Lipinski definition) is 1. The predicted molar refractivity (Wildman–Crippen MR) is 118 cm³/mol. The number of nitrogens with one attached hydrogen (secondary N) is 1. The average Bonchev–Trinajstić information content (AvgIpc) is 3.26. The molecular formula is C22H22ClF3N4O4. The third-order valence-electron chi connectivity index (χ3n) is 5.62. The zero-order chi connectivity index (χ0) is 24.5. The molecule has 34 heavy (non-hydrogen) atoms. The Morgan fingerprint density at radius 3 is 2.56 bits per heavy atom. The molecule has 3 aromatic rings. The van der Waals surface area contributed by atoms with E-state index in [1.165, 1.54) is 11.7 Å². The number of hydrogen-bond acceptors (Lipinski definition) is 5. The number of nitrogens with zero attached hydrogens (tertiary/aromatic N) is 3. The summed E-state index contributed by atoms with van der Waals surface area (Å²) >= 11 is 5.97. The van der Waals surface area contributed by atoms with Crippen molar-refractivity contribution in [3.8, 4) is 5.75 Å². The summed E-state index contributed by atoms with van der Waals surface area (Å²) in [5.74, 6) is -1.44. The summed E-state index contributed by atoms with van der Waals surface area (Å²) in [6.45, 7) is -0.378. The van der Waals surface area contributed by atoms with Gasteiger partial charge in [-0.3, -0.25) is 9.59 Å². The van der Waals surface area contributed by atoms with Gasteiger partial charge in [-0.1, -0.05) is 23.7 Å². The second-order valence-corrected chi connectivity index (χ2v) is 8.36. The largest absolute Gasteiger partial charge is 0.489 e. The number of alkyl halides is 3. The second-order valence-electron chi connectivity index (χ2n) is 7.92. The minimum absolute atomic E-state index is 0.0468. The van der Waals surface area contributed by atoms with Crippen LogP contribution in [0.1, 0.15) is 40.5 Å². The van der Waals surface area contributed by atoms with Crippen LogP contribution in [0.15, 0.2) is 35.1 Å². The van der Waals surface area contributed by atoms with Gasteiger partial charge in [-0.2, -0.15) is 22.8 Å². The maximum atomic E-state index is 13.1. The van der Waals surface area contributed by atoms with E-state index in [2.05, 4.69) is 5.10 Å². The van der Waals surface area contributed by atoms with Crippen molar-refractivity contribution in [1.82, 2.24) is 19.5 Å². The van der Waals surface area contributed by atoms with Crippen molar-refractivity contribution in [1.29, 1.82) is 0 Å². The van der Waals surface area contributed by atoms with Gasteiger partial charge < -0.3 is 19.4 Å². The Kier molecular flexibility index (Phi) is 6.85. The lowest BCUT2D eigenvalue weighted by molar-refractivity contribution is -0.123. The van der Waals surface area contributed by atoms with Gasteiger partial charge >= 0.3 is 11.7 Å². The molecule has 3 heterocycles. The van der Waals surface area contributed by atoms with Crippen LogP contribution >= 0.6 is 11.6 Å². The summed E-state index contributed by atoms with van der Waals surface area (Å²) < 4.78 is 51.5. The van der Waals surface area contributed by atoms with Crippen LogP contribution in [0.4, 0.5) is 13.2 Å². The molecule has 182 valence electrons. The third-order valence-corrected chi connectivity index (χ3v) is 5.87. The molecule has 1 saturated heterocycles. The molecule has 0 bridgehead atoms. The van der Waals surface area contributed by atoms with Gasteiger partial charge in [0.05, 0.1) is 12.8 Å². The Labute approximate surface area is 197 Å². The van der Waals surface area contributed by atoms with Crippen LogP contribution in [0.3, 0.4) is 0 Å². The number of fused-ring (bicyclic) bond motifs is 1. The summed E-state index contributed by atoms with van der Waals surface area (Å²) in [6.07, 6.45) is -3.20. The molecule has 0 atom stereocenters. The third kappa shape index (κ3) is 5.05. The predicted octanol–water partition coefficient (Wildman–Crippen LogP) is 3.39. The van der Waals surface area contributed by atoms with Crippen molar-refractivity contribution in [2.45, 2.75) is 31.5 Å². The second kappa shape index (κ2) is 9.67. The van der Waals surface area contributed by atoms with Gasteiger partial charge in [-0.05, 0) is 30.5 Å². The first-order valence-corrected chi connectivity index (χ1v) is 10.9. The number of ether oxygens (including phenoxy) is 2. The molecule has 12 heteroatoms. The van der Waals surface area contributed by atoms with Crippen molar-refractivity contribution in [3.63, 3.8) is 0 Å². The quantitative estimate of drug-likeness (QED) is 0.563. The maximum absolute atomic E-state index is 13.1. The van der Waals surface area contributed by atoms with E-state index >= 15 is 0 Å². The molecule has 0 aliphatic carbocycles. The van der Waals surface area contributed by atoms with Crippen LogP contribution in [0.5, 0.6) is 5.75 Å². The molecule has 2 aromatic heterocycles. The highest BCUT2D eigenvalue weighted by atomic mass is 35.5. The molecule has 1 N–H and O–H groups in total. The minimum Gasteiger partial charge on any atom is -0.489 e. The fraction of sp³-hybridized carbons (Fsp3) is 0.409. The molecule has 1 aliphatic heterocycles. The van der Waals surface area contributed by atoms with E-state index in [9.17, 15) is 22.8 Å². The van der Waals surface area contributed by atoms with E-state index in [0.717, 1.165) is 4.52 Å². The van der Waals surface area contributed by atoms with E-state index in [1.54, 1.807) is 30.3 Å². The molecule has 1 aromatic carbocycles. The molecule has 1 fully saturated rings. The molecule has 0 unspecified atom stereocenters. The summed E-state index contributed by atoms with van der Waals surface area (Å²) in [4.78, 5) is 26.1. The number of halogens is 4. The van der Waals surface area contributed by atoms with Crippen LogP contribution in [-0.4, -0.2) is 53.1 Å². The number of amides is 1. The number of aromatic nitrogens is 3. The lowest BCUT2D eigenvalue weighted by Crippen LogP contribution is -2.37. The lowest BCUT2D eigenvalue weighted by atomic mass is 9.97. The first-order valence-electron chi connectivity index (χ1n) is 10.6. The molecule has 1 amide bonds. The fourth-order valence-corrected chi connectivity index (χ4v) is 4.09. The van der Waals surface area contributed by atoms with Gasteiger partial charge in [0.15, 0.2) is 5.69 Å². The standard InChI is InChI=1S/C22H22ClF3N4O4/c1-33-19-18(20(31)27-12-22(24,25)26)29(11-13-2-4-15(23)5-3-13)17-10-16(28-30(17)21(19)32)14-6-8-34-9-7-14/h2-5,10,14H,6-9,11-12H2,1H3,(H,27,31). The van der Waals surface area contributed by atoms with Crippen LogP contribution in [0.25, 0.3) is 5.65 Å². The minimum atomic E-state index is -4.62. The van der Waals surface area contributed by atoms with E-state index in [-0.39, 0.29) is 23.8 Å². The van der Waals surface area contributed by atoms with Gasteiger partial charge in [0, 0.05) is 36.8 Å². The number of carbonyl (C=O) groups excluding carboxylic acids is 1. The Balaban J connectivity index is 1.89. The normalized spacial score (nSPS) is 15.0. The summed E-state index contributed by atoms with van der Waals surface area (Å²) in [5, 5.41) is 6.80. The van der Waals surface area contributed by atoms with Gasteiger partial charge in [0.1, 0.15) is 12.2 Å². The highest BCUT2D eigenvalue weighted by Gasteiger charge is 2.31. The smallest absolute Gasteiger partial charge is 0.405 e. The van der Waals surface area contributed by atoms with Crippen molar-refractivity contribution < 1.29 is 27.4 Å². The molecule has 1 aliphatic rings. The van der Waals surface area contributed by atoms with Gasteiger partial charge in [0.25, 0.3) is 5.91 Å². The Morgan fingerprint density at radius 1 is 1.26 bits per heavy atom. The van der Waals surface area contributed by atoms with Crippen molar-refractivity contribution in [2.75, 3.05) is 26.9 Å². The van der Waals surface area contributed by atoms with E-state index in [1.807, 2.05) is 5.32 Å². The highest BCUT2D eigenvalue weighted by molar-refractivity contribution is 6.30. The molecule has 0 spiro atoms. The first-order chi connectivity index (χ1) is 16.2. The number of benzene rings is 1. The SMILES string of the molecule is COc1c(C(=O)NCC(F)(F)F)n(Cc2ccc(Cl)cc2)c2cc(C3CCOCC3)nn2c1=O. The molecule has 8 nitrogen and oxygen atoms in total. The fourth-order valence-electron chi connectivity index (χ4n) is 3.96. The summed E-state index contributed by atoms with van der Waals surface area (Å²) in [7, 11) is 1.18. The molecule has 4 rings (SSSR count).